The highest BCUT2D eigenvalue weighted by atomic mass is 32.1. The van der Waals surface area contributed by atoms with Crippen LogP contribution < -0.4 is 9.47 Å². The maximum atomic E-state index is 11.8. The summed E-state index contributed by atoms with van der Waals surface area (Å²) in [5, 5.41) is 0.620. The van der Waals surface area contributed by atoms with Crippen LogP contribution in [0.4, 0.5) is 0 Å². The van der Waals surface area contributed by atoms with E-state index in [0.29, 0.717) is 40.2 Å². The molecule has 0 N–H and O–H groups in total. The first-order chi connectivity index (χ1) is 10.7. The third kappa shape index (κ3) is 3.05. The monoisotopic (exact) mass is 324 g/mol. The Morgan fingerprint density at radius 2 is 2.09 bits per heavy atom. The number of benzene rings is 1. The average Bonchev–Trinajstić information content (AvgIpc) is 2.95. The summed E-state index contributed by atoms with van der Waals surface area (Å²) < 4.78 is 21.3. The topological polar surface area (TPSA) is 71.1 Å². The molecular formula is C15H16O6S. The van der Waals surface area contributed by atoms with Crippen LogP contribution >= 0.6 is 11.3 Å². The molecule has 0 saturated carbocycles. The van der Waals surface area contributed by atoms with Crippen molar-refractivity contribution in [2.24, 2.45) is 0 Å². The van der Waals surface area contributed by atoms with Crippen LogP contribution in [0, 0.1) is 0 Å². The highest BCUT2D eigenvalue weighted by Crippen LogP contribution is 2.40. The first-order valence-corrected chi connectivity index (χ1v) is 7.36. The Bertz CT molecular complexity index is 691. The molecule has 2 rings (SSSR count). The van der Waals surface area contributed by atoms with Crippen LogP contribution in [0.15, 0.2) is 12.1 Å². The van der Waals surface area contributed by atoms with Gasteiger partial charge in [-0.1, -0.05) is 0 Å². The Kier molecular flexibility index (Phi) is 5.35. The summed E-state index contributed by atoms with van der Waals surface area (Å²) in [5.41, 5.74) is 0.318. The zero-order chi connectivity index (χ0) is 16.1. The van der Waals surface area contributed by atoms with Crippen molar-refractivity contribution in [1.29, 1.82) is 0 Å². The molecule has 7 heteroatoms. The van der Waals surface area contributed by atoms with Gasteiger partial charge in [0.1, 0.15) is 4.88 Å². The molecule has 0 radical (unpaired) electrons. The minimum absolute atomic E-state index is 0.0163. The van der Waals surface area contributed by atoms with E-state index in [1.807, 2.05) is 0 Å². The summed E-state index contributed by atoms with van der Waals surface area (Å²) in [6, 6.07) is 3.35. The summed E-state index contributed by atoms with van der Waals surface area (Å²) in [5.74, 6) is 0.280. The zero-order valence-electron chi connectivity index (χ0n) is 12.5. The molecule has 0 bridgehead atoms. The van der Waals surface area contributed by atoms with Crippen LogP contribution in [0.1, 0.15) is 27.0 Å². The molecule has 6 nitrogen and oxygen atoms in total. The maximum Gasteiger partial charge on any atom is 0.348 e. The van der Waals surface area contributed by atoms with Crippen molar-refractivity contribution in [3.8, 4) is 11.5 Å². The van der Waals surface area contributed by atoms with E-state index in [4.69, 9.17) is 18.9 Å². The fourth-order valence-corrected chi connectivity index (χ4v) is 3.00. The number of carbonyl (C=O) groups excluding carboxylic acids is 2. The van der Waals surface area contributed by atoms with Crippen molar-refractivity contribution in [2.75, 3.05) is 27.6 Å². The van der Waals surface area contributed by atoms with E-state index >= 15 is 0 Å². The molecule has 0 aliphatic carbocycles. The van der Waals surface area contributed by atoms with Crippen LogP contribution in [-0.4, -0.2) is 39.9 Å². The van der Waals surface area contributed by atoms with Crippen molar-refractivity contribution >= 4 is 33.7 Å². The predicted molar refractivity (Wildman–Crippen MR) is 82.2 cm³/mol. The molecule has 0 atom stereocenters. The third-order valence-electron chi connectivity index (χ3n) is 2.92. The highest BCUT2D eigenvalue weighted by molar-refractivity contribution is 7.20. The summed E-state index contributed by atoms with van der Waals surface area (Å²) in [7, 11) is 2.96. The van der Waals surface area contributed by atoms with Crippen LogP contribution in [0.3, 0.4) is 0 Å². The Morgan fingerprint density at radius 1 is 1.32 bits per heavy atom. The van der Waals surface area contributed by atoms with Crippen LogP contribution in [0.25, 0.3) is 10.1 Å². The second kappa shape index (κ2) is 7.24. The number of hydrogen-bond acceptors (Lipinski definition) is 7. The van der Waals surface area contributed by atoms with Gasteiger partial charge in [0, 0.05) is 23.3 Å². The van der Waals surface area contributed by atoms with Gasteiger partial charge in [0.05, 0.1) is 19.3 Å². The van der Waals surface area contributed by atoms with Crippen LogP contribution in [-0.2, 0) is 9.47 Å². The highest BCUT2D eigenvalue weighted by Gasteiger charge is 2.20. The van der Waals surface area contributed by atoms with Gasteiger partial charge in [-0.05, 0) is 13.0 Å². The molecule has 0 spiro atoms. The molecular weight excluding hydrogens is 308 g/mol. The Morgan fingerprint density at radius 3 is 2.68 bits per heavy atom. The van der Waals surface area contributed by atoms with Crippen molar-refractivity contribution in [2.45, 2.75) is 6.92 Å². The number of methoxy groups -OCH3 is 2. The number of carbonyl (C=O) groups is 2. The molecule has 0 aliphatic heterocycles. The van der Waals surface area contributed by atoms with Crippen molar-refractivity contribution in [1.82, 2.24) is 0 Å². The van der Waals surface area contributed by atoms with Crippen molar-refractivity contribution in [3.63, 3.8) is 0 Å². The smallest absolute Gasteiger partial charge is 0.348 e. The molecule has 1 aromatic heterocycles. The van der Waals surface area contributed by atoms with Gasteiger partial charge in [-0.25, -0.2) is 4.79 Å². The molecule has 1 heterocycles. The number of hydrogen-bond donors (Lipinski definition) is 0. The zero-order valence-corrected chi connectivity index (χ0v) is 13.3. The fraction of sp³-hybridized carbons (Fsp3) is 0.333. The van der Waals surface area contributed by atoms with Gasteiger partial charge in [-0.3, -0.25) is 4.79 Å². The maximum absolute atomic E-state index is 11.8. The van der Waals surface area contributed by atoms with Gasteiger partial charge in [-0.2, -0.15) is 0 Å². The number of aldehydes is 1. The fourth-order valence-electron chi connectivity index (χ4n) is 2.00. The van der Waals surface area contributed by atoms with Gasteiger partial charge in [0.25, 0.3) is 0 Å². The lowest BCUT2D eigenvalue weighted by Crippen LogP contribution is -2.03. The molecule has 2 aromatic rings. The van der Waals surface area contributed by atoms with E-state index in [9.17, 15) is 9.59 Å². The minimum atomic E-state index is -0.418. The van der Waals surface area contributed by atoms with Crippen LogP contribution in [0.5, 0.6) is 11.5 Å². The van der Waals surface area contributed by atoms with E-state index in [1.165, 1.54) is 25.6 Å². The van der Waals surface area contributed by atoms with Crippen LogP contribution in [0.2, 0.25) is 0 Å². The molecule has 0 saturated heterocycles. The molecule has 0 fully saturated rings. The van der Waals surface area contributed by atoms with E-state index in [2.05, 4.69) is 0 Å². The van der Waals surface area contributed by atoms with E-state index in [0.717, 1.165) is 4.70 Å². The molecule has 22 heavy (non-hydrogen) atoms. The SMILES string of the molecule is CCOC(=O)c1cc2c(C=O)c(OCOC)c(OC)cc2s1. The number of fused-ring (bicyclic) bond motifs is 1. The largest absolute Gasteiger partial charge is 0.493 e. The van der Waals surface area contributed by atoms with E-state index in [1.54, 1.807) is 19.1 Å². The van der Waals surface area contributed by atoms with Gasteiger partial charge in [0.15, 0.2) is 24.6 Å². The van der Waals surface area contributed by atoms with E-state index < -0.39 is 5.97 Å². The normalized spacial score (nSPS) is 10.5. The second-order valence-corrected chi connectivity index (χ2v) is 5.32. The quantitative estimate of drug-likeness (QED) is 0.443. The first kappa shape index (κ1) is 16.3. The Balaban J connectivity index is 2.59. The molecule has 1 aromatic carbocycles. The van der Waals surface area contributed by atoms with Gasteiger partial charge < -0.3 is 18.9 Å². The standard InChI is InChI=1S/C15H16O6S/c1-4-20-15(17)13-5-9-10(7-16)14(21-8-18-2)11(19-3)6-12(9)22-13/h5-7H,4,8H2,1-3H3. The first-order valence-electron chi connectivity index (χ1n) is 6.54. The lowest BCUT2D eigenvalue weighted by Gasteiger charge is -2.12. The summed E-state index contributed by atoms with van der Waals surface area (Å²) in [6.07, 6.45) is 0.678. The molecule has 118 valence electrons. The van der Waals surface area contributed by atoms with Gasteiger partial charge >= 0.3 is 5.97 Å². The third-order valence-corrected chi connectivity index (χ3v) is 3.98. The van der Waals surface area contributed by atoms with Crippen molar-refractivity contribution < 1.29 is 28.5 Å². The van der Waals surface area contributed by atoms with Gasteiger partial charge in [0.2, 0.25) is 0 Å². The lowest BCUT2D eigenvalue weighted by atomic mass is 10.1. The minimum Gasteiger partial charge on any atom is -0.493 e. The predicted octanol–water partition coefficient (Wildman–Crippen LogP) is 2.88. The molecule has 0 amide bonds. The summed E-state index contributed by atoms with van der Waals surface area (Å²) in [4.78, 5) is 23.8. The van der Waals surface area contributed by atoms with Gasteiger partial charge in [-0.15, -0.1) is 11.3 Å². The number of esters is 1. The average molecular weight is 324 g/mol. The summed E-state index contributed by atoms with van der Waals surface area (Å²) >= 11 is 1.24. The Hall–Kier alpha value is -2.12. The molecule has 0 unspecified atom stereocenters. The Labute approximate surface area is 131 Å². The lowest BCUT2D eigenvalue weighted by molar-refractivity contribution is 0.0486. The summed E-state index contributed by atoms with van der Waals surface area (Å²) in [6.45, 7) is 2.01. The van der Waals surface area contributed by atoms with Crippen molar-refractivity contribution in [3.05, 3.63) is 22.6 Å². The molecule has 0 aliphatic rings. The number of ether oxygens (including phenoxy) is 4. The second-order valence-electron chi connectivity index (χ2n) is 4.23. The number of thiophene rings is 1. The number of rotatable bonds is 7. The van der Waals surface area contributed by atoms with E-state index in [-0.39, 0.29) is 6.79 Å².